The second-order valence-corrected chi connectivity index (χ2v) is 35.5. The van der Waals surface area contributed by atoms with E-state index in [1.54, 1.807) is 7.11 Å². The summed E-state index contributed by atoms with van der Waals surface area (Å²) in [5.74, 6) is 1.18. The molecule has 1 heterocycles. The topological polar surface area (TPSA) is 66.4 Å². The molecule has 380 valence electrons. The maximum atomic E-state index is 12.6. The molecule has 0 radical (unpaired) electrons. The van der Waals surface area contributed by atoms with Crippen LogP contribution in [0.5, 0.6) is 11.5 Å². The summed E-state index contributed by atoms with van der Waals surface area (Å²) >= 11 is 0. The smallest absolute Gasteiger partial charge is 0.262 e. The molecule has 0 saturated heterocycles. The number of phenols is 1. The Morgan fingerprint density at radius 1 is 0.446 bits per heavy atom. The van der Waals surface area contributed by atoms with E-state index < -0.39 is 53.3 Å². The summed E-state index contributed by atoms with van der Waals surface area (Å²) < 4.78 is 38.6. The van der Waals surface area contributed by atoms with Crippen molar-refractivity contribution in [1.29, 1.82) is 0 Å². The molecule has 0 aromatic heterocycles. The molecule has 0 spiro atoms. The number of rotatable bonds is 15. The Balaban J connectivity index is 1.37. The van der Waals surface area contributed by atoms with Crippen LogP contribution in [0.25, 0.3) is 16.5 Å². The number of ether oxygens (including phenoxy) is 2. The van der Waals surface area contributed by atoms with Gasteiger partial charge in [0.2, 0.25) is 0 Å². The van der Waals surface area contributed by atoms with Crippen molar-refractivity contribution in [2.45, 2.75) is 95.7 Å². The molecule has 0 amide bonds. The molecule has 1 aliphatic rings. The first-order valence-electron chi connectivity index (χ1n) is 26.0. The highest BCUT2D eigenvalue weighted by Crippen LogP contribution is 2.47. The van der Waals surface area contributed by atoms with Crippen LogP contribution < -0.4 is 35.9 Å². The first-order valence-corrected chi connectivity index (χ1v) is 31.7. The first kappa shape index (κ1) is 52.6. The van der Waals surface area contributed by atoms with Crippen molar-refractivity contribution in [3.05, 3.63) is 224 Å². The van der Waals surface area contributed by atoms with E-state index in [0.717, 1.165) is 36.5 Å². The molecule has 74 heavy (non-hydrogen) atoms. The van der Waals surface area contributed by atoms with E-state index in [1.165, 1.54) is 0 Å². The summed E-state index contributed by atoms with van der Waals surface area (Å²) in [7, 11) is -8.29. The lowest BCUT2D eigenvalue weighted by Crippen LogP contribution is -2.73. The standard InChI is InChI=1S/C65H72O6Si3/c1-63(2,3)72(48-31-17-11-18-32-48,49-33-19-12-20-34-49)68-47-60-62(71-74(65(7,8)9,52-39-25-15-26-40-52)53-41-27-16-28-42-53)59(46-58(69-60)56-45-57(67-10)54-43-29-30-44-55(54)61(56)66)70-73(64(4,5)6,50-35-21-13-22-36-50)51-37-23-14-24-38-51/h11-46,59-60,62,66H,47H2,1-10H3/t59-,60-,62+/m1/s1. The van der Waals surface area contributed by atoms with Gasteiger partial charge in [0.15, 0.2) is 0 Å². The average molecular weight is 1030 g/mol. The second-order valence-electron chi connectivity index (χ2n) is 22.7. The molecule has 0 aliphatic carbocycles. The lowest BCUT2D eigenvalue weighted by atomic mass is 9.98. The molecule has 1 aliphatic heterocycles. The summed E-state index contributed by atoms with van der Waals surface area (Å²) in [6.45, 7) is 20.9. The van der Waals surface area contributed by atoms with Crippen LogP contribution in [0.4, 0.5) is 0 Å². The Morgan fingerprint density at radius 2 is 0.784 bits per heavy atom. The van der Waals surface area contributed by atoms with Gasteiger partial charge in [-0.15, -0.1) is 0 Å². The number of hydrogen-bond acceptors (Lipinski definition) is 6. The van der Waals surface area contributed by atoms with Crippen LogP contribution in [-0.2, 0) is 18.0 Å². The van der Waals surface area contributed by atoms with E-state index in [2.05, 4.69) is 250 Å². The van der Waals surface area contributed by atoms with E-state index in [0.29, 0.717) is 22.5 Å². The van der Waals surface area contributed by atoms with Crippen molar-refractivity contribution in [1.82, 2.24) is 0 Å². The molecule has 8 aromatic carbocycles. The number of fused-ring (bicyclic) bond motifs is 1. The van der Waals surface area contributed by atoms with Crippen LogP contribution >= 0.6 is 0 Å². The molecule has 3 atom stereocenters. The number of aromatic hydroxyl groups is 1. The molecule has 0 unspecified atom stereocenters. The van der Waals surface area contributed by atoms with Gasteiger partial charge < -0.3 is 27.9 Å². The predicted molar refractivity (Wildman–Crippen MR) is 314 cm³/mol. The lowest BCUT2D eigenvalue weighted by Gasteiger charge is -2.52. The molecular formula is C65H72O6Si3. The van der Waals surface area contributed by atoms with E-state index >= 15 is 0 Å². The third-order valence-corrected chi connectivity index (χ3v) is 30.2. The maximum absolute atomic E-state index is 12.6. The highest BCUT2D eigenvalue weighted by Gasteiger charge is 2.59. The molecule has 0 bridgehead atoms. The average Bonchev–Trinajstić information content (AvgIpc) is 3.42. The second kappa shape index (κ2) is 21.1. The summed E-state index contributed by atoms with van der Waals surface area (Å²) in [5, 5.41) is 19.7. The lowest BCUT2D eigenvalue weighted by molar-refractivity contribution is -0.0563. The van der Waals surface area contributed by atoms with Gasteiger partial charge in [0.1, 0.15) is 29.5 Å². The zero-order valence-corrected chi connectivity index (χ0v) is 47.7. The van der Waals surface area contributed by atoms with E-state index in [1.807, 2.05) is 30.3 Å². The Labute approximate surface area is 443 Å². The number of hydrogen-bond donors (Lipinski definition) is 1. The van der Waals surface area contributed by atoms with Crippen molar-refractivity contribution < 1.29 is 27.9 Å². The van der Waals surface area contributed by atoms with Gasteiger partial charge in [-0.25, -0.2) is 0 Å². The van der Waals surface area contributed by atoms with Crippen LogP contribution in [0.15, 0.2) is 218 Å². The van der Waals surface area contributed by atoms with Crippen LogP contribution in [0.1, 0.15) is 67.9 Å². The highest BCUT2D eigenvalue weighted by atomic mass is 28.4. The fraction of sp³-hybridized carbons (Fsp3) is 0.262. The summed E-state index contributed by atoms with van der Waals surface area (Å²) in [6, 6.07) is 74.4. The predicted octanol–water partition coefficient (Wildman–Crippen LogP) is 11.8. The Morgan fingerprint density at radius 3 is 1.15 bits per heavy atom. The molecule has 6 nitrogen and oxygen atoms in total. The highest BCUT2D eigenvalue weighted by molar-refractivity contribution is 7.01. The van der Waals surface area contributed by atoms with Gasteiger partial charge in [-0.3, -0.25) is 0 Å². The molecule has 9 heteroatoms. The number of methoxy groups -OCH3 is 1. The van der Waals surface area contributed by atoms with E-state index in [-0.39, 0.29) is 17.4 Å². The van der Waals surface area contributed by atoms with Crippen LogP contribution in [0, 0.1) is 0 Å². The SMILES string of the molecule is COc1cc(C2=C[C@@H](O[Si](c3ccccc3)(c3ccccc3)C(C)(C)C)[C@H](O[Si](c3ccccc3)(c3ccccc3)C(C)(C)C)[C@@H](CO[Si](c3ccccc3)(c3ccccc3)C(C)(C)C)O2)c(O)c2ccccc12. The zero-order valence-electron chi connectivity index (χ0n) is 44.7. The summed E-state index contributed by atoms with van der Waals surface area (Å²) in [5.41, 5.74) is 0.496. The normalized spacial score (nSPS) is 16.8. The van der Waals surface area contributed by atoms with Crippen LogP contribution in [0.3, 0.4) is 0 Å². The Bertz CT molecular complexity index is 3030. The largest absolute Gasteiger partial charge is 0.507 e. The van der Waals surface area contributed by atoms with E-state index in [9.17, 15) is 5.11 Å². The van der Waals surface area contributed by atoms with Crippen molar-refractivity contribution in [2.24, 2.45) is 0 Å². The van der Waals surface area contributed by atoms with Crippen molar-refractivity contribution in [3.63, 3.8) is 0 Å². The van der Waals surface area contributed by atoms with Crippen LogP contribution in [-0.4, -0.2) is 62.1 Å². The number of phenolic OH excluding ortho intramolecular Hbond substituents is 1. The minimum absolute atomic E-state index is 0.0925. The van der Waals surface area contributed by atoms with E-state index in [4.69, 9.17) is 22.8 Å². The van der Waals surface area contributed by atoms with Gasteiger partial charge in [0, 0.05) is 10.8 Å². The van der Waals surface area contributed by atoms with Crippen molar-refractivity contribution >= 4 is 72.6 Å². The van der Waals surface area contributed by atoms with Gasteiger partial charge in [0.25, 0.3) is 25.0 Å². The van der Waals surface area contributed by atoms with Crippen molar-refractivity contribution in [3.8, 4) is 11.5 Å². The minimum Gasteiger partial charge on any atom is -0.507 e. The molecule has 1 N–H and O–H groups in total. The van der Waals surface area contributed by atoms with Crippen molar-refractivity contribution in [2.75, 3.05) is 13.7 Å². The third kappa shape index (κ3) is 9.55. The quantitative estimate of drug-likeness (QED) is 0.103. The van der Waals surface area contributed by atoms with Gasteiger partial charge in [-0.2, -0.15) is 0 Å². The number of benzene rings is 8. The van der Waals surface area contributed by atoms with Gasteiger partial charge in [-0.05, 0) is 58.4 Å². The summed E-state index contributed by atoms with van der Waals surface area (Å²) in [6.07, 6.45) is -0.200. The molecular weight excluding hydrogens is 961 g/mol. The maximum Gasteiger partial charge on any atom is 0.262 e. The third-order valence-electron chi connectivity index (χ3n) is 15.1. The molecule has 0 fully saturated rings. The fourth-order valence-corrected chi connectivity index (χ4v) is 25.6. The first-order chi connectivity index (χ1) is 35.5. The van der Waals surface area contributed by atoms with Gasteiger partial charge in [-0.1, -0.05) is 269 Å². The Hall–Kier alpha value is -6.31. The zero-order chi connectivity index (χ0) is 52.4. The minimum atomic E-state index is -3.39. The van der Waals surface area contributed by atoms with Gasteiger partial charge >= 0.3 is 0 Å². The molecule has 9 rings (SSSR count). The fourth-order valence-electron chi connectivity index (χ4n) is 11.7. The summed E-state index contributed by atoms with van der Waals surface area (Å²) in [4.78, 5) is 0. The molecule has 0 saturated carbocycles. The monoisotopic (exact) mass is 1030 g/mol. The molecule has 8 aromatic rings. The van der Waals surface area contributed by atoms with Gasteiger partial charge in [0.05, 0.1) is 25.4 Å². The Kier molecular flexibility index (Phi) is 15.0. The van der Waals surface area contributed by atoms with Crippen LogP contribution in [0.2, 0.25) is 15.1 Å².